The molecule has 0 saturated heterocycles. The Labute approximate surface area is 224 Å². The highest BCUT2D eigenvalue weighted by Crippen LogP contribution is 2.42. The Bertz CT molecular complexity index is 1640. The molecule has 0 unspecified atom stereocenters. The first-order valence-electron chi connectivity index (χ1n) is 12.8. The lowest BCUT2D eigenvalue weighted by molar-refractivity contribution is 0.395. The minimum absolute atomic E-state index is 0.110. The maximum absolute atomic E-state index is 15.6. The second-order valence-corrected chi connectivity index (χ2v) is 12.4. The Kier molecular flexibility index (Phi) is 7.15. The van der Waals surface area contributed by atoms with Crippen LogP contribution in [-0.4, -0.2) is 29.2 Å². The Morgan fingerprint density at radius 1 is 1.03 bits per heavy atom. The van der Waals surface area contributed by atoms with Gasteiger partial charge in [-0.05, 0) is 87.4 Å². The Balaban J connectivity index is 1.60. The molecule has 1 fully saturated rings. The summed E-state index contributed by atoms with van der Waals surface area (Å²) in [7, 11) is -4.05. The molecule has 0 aliphatic heterocycles. The molecule has 206 valence electrons. The third-order valence-corrected chi connectivity index (χ3v) is 9.07. The van der Waals surface area contributed by atoms with Crippen molar-refractivity contribution in [2.75, 3.05) is 5.73 Å². The zero-order valence-electron chi connectivity index (χ0n) is 21.7. The number of benzene rings is 2. The highest BCUT2D eigenvalue weighted by atomic mass is 32.2. The third-order valence-electron chi connectivity index (χ3n) is 7.39. The highest BCUT2D eigenvalue weighted by molar-refractivity contribution is 7.90. The first kappa shape index (κ1) is 27.1. The van der Waals surface area contributed by atoms with E-state index in [0.717, 1.165) is 73.2 Å². The summed E-state index contributed by atoms with van der Waals surface area (Å²) in [6.45, 7) is 3.88. The summed E-state index contributed by atoms with van der Waals surface area (Å²) < 4.78 is 71.4. The first-order valence-corrected chi connectivity index (χ1v) is 14.5. The van der Waals surface area contributed by atoms with Gasteiger partial charge in [-0.25, -0.2) is 26.6 Å². The molecule has 1 aliphatic carbocycles. The molecule has 0 bridgehead atoms. The van der Waals surface area contributed by atoms with Gasteiger partial charge < -0.3 is 11.5 Å². The number of halogens is 3. The quantitative estimate of drug-likeness (QED) is 0.297. The molecule has 0 radical (unpaired) electrons. The van der Waals surface area contributed by atoms with Gasteiger partial charge in [0.2, 0.25) is 0 Å². The van der Waals surface area contributed by atoms with E-state index in [2.05, 4.69) is 10.1 Å². The van der Waals surface area contributed by atoms with Gasteiger partial charge in [0.05, 0.1) is 21.6 Å². The molecule has 5 rings (SSSR count). The summed E-state index contributed by atoms with van der Waals surface area (Å²) in [5.41, 5.74) is 13.7. The van der Waals surface area contributed by atoms with Crippen LogP contribution >= 0.6 is 0 Å². The zero-order chi connectivity index (χ0) is 28.1. The average Bonchev–Trinajstić information content (AvgIpc) is 3.29. The van der Waals surface area contributed by atoms with Crippen LogP contribution in [0.3, 0.4) is 0 Å². The van der Waals surface area contributed by atoms with Crippen molar-refractivity contribution in [3.05, 3.63) is 71.2 Å². The lowest BCUT2D eigenvalue weighted by Crippen LogP contribution is -2.26. The summed E-state index contributed by atoms with van der Waals surface area (Å²) >= 11 is 0. The lowest BCUT2D eigenvalue weighted by atomic mass is 9.82. The van der Waals surface area contributed by atoms with Crippen molar-refractivity contribution in [3.8, 4) is 11.3 Å². The Morgan fingerprint density at radius 3 is 2.33 bits per heavy atom. The molecule has 0 spiro atoms. The zero-order valence-corrected chi connectivity index (χ0v) is 22.5. The van der Waals surface area contributed by atoms with E-state index in [4.69, 9.17) is 11.5 Å². The smallest absolute Gasteiger partial charge is 0.182 e. The number of sulfone groups is 1. The number of hydrogen-bond donors (Lipinski definition) is 2. The van der Waals surface area contributed by atoms with E-state index >= 15 is 8.78 Å². The van der Waals surface area contributed by atoms with E-state index in [1.807, 2.05) is 13.8 Å². The maximum atomic E-state index is 15.6. The molecule has 0 atom stereocenters. The molecule has 4 N–H and O–H groups in total. The number of hydrogen-bond acceptors (Lipinski definition) is 6. The molecular formula is C28H30F3N5O2S. The van der Waals surface area contributed by atoms with Crippen molar-refractivity contribution in [2.45, 2.75) is 68.2 Å². The molecule has 1 saturated carbocycles. The second-order valence-electron chi connectivity index (χ2n) is 10.5. The number of pyridine rings is 1. The monoisotopic (exact) mass is 557 g/mol. The van der Waals surface area contributed by atoms with Gasteiger partial charge in [0.25, 0.3) is 0 Å². The molecule has 39 heavy (non-hydrogen) atoms. The molecule has 2 aromatic heterocycles. The van der Waals surface area contributed by atoms with E-state index in [1.54, 1.807) is 10.9 Å². The first-order chi connectivity index (χ1) is 18.5. The Hall–Kier alpha value is -3.44. The van der Waals surface area contributed by atoms with Gasteiger partial charge in [0.1, 0.15) is 29.0 Å². The molecular weight excluding hydrogens is 527 g/mol. The minimum Gasteiger partial charge on any atom is -0.383 e. The van der Waals surface area contributed by atoms with Crippen LogP contribution < -0.4 is 11.5 Å². The van der Waals surface area contributed by atoms with Crippen LogP contribution in [0.5, 0.6) is 0 Å². The van der Waals surface area contributed by atoms with Gasteiger partial charge in [0, 0.05) is 29.4 Å². The van der Waals surface area contributed by atoms with Gasteiger partial charge in [-0.15, -0.1) is 0 Å². The summed E-state index contributed by atoms with van der Waals surface area (Å²) in [5.74, 6) is -2.82. The van der Waals surface area contributed by atoms with Gasteiger partial charge in [0.15, 0.2) is 9.84 Å². The van der Waals surface area contributed by atoms with E-state index in [0.29, 0.717) is 5.39 Å². The van der Waals surface area contributed by atoms with Crippen molar-refractivity contribution in [1.82, 2.24) is 14.8 Å². The SMILES string of the molecule is CC(C)n1nc(-c2cc(F)c(CS(=O)(=O)c3ccc(F)cc3)cc2F)c2c(N)ncc(C3CCC(N)CC3)c21. The van der Waals surface area contributed by atoms with E-state index in [-0.39, 0.29) is 45.5 Å². The van der Waals surface area contributed by atoms with Crippen LogP contribution in [0.15, 0.2) is 47.5 Å². The van der Waals surface area contributed by atoms with Crippen LogP contribution in [0.4, 0.5) is 19.0 Å². The van der Waals surface area contributed by atoms with Crippen LogP contribution in [0, 0.1) is 17.5 Å². The standard InChI is InChI=1S/C28H30F3N5O2S/c1-15(2)36-27-22(16-3-7-19(32)8-4-16)13-34-28(33)25(27)26(35-36)21-12-23(30)17(11-24(21)31)14-39(37,38)20-9-5-18(29)6-10-20/h5-6,9-13,15-16,19H,3-4,7-8,14,32H2,1-2H3,(H2,33,34). The number of rotatable bonds is 6. The van der Waals surface area contributed by atoms with Crippen LogP contribution in [-0.2, 0) is 15.6 Å². The Morgan fingerprint density at radius 2 is 1.69 bits per heavy atom. The molecule has 11 heteroatoms. The van der Waals surface area contributed by atoms with Gasteiger partial charge >= 0.3 is 0 Å². The number of fused-ring (bicyclic) bond motifs is 1. The van der Waals surface area contributed by atoms with Crippen LogP contribution in [0.1, 0.15) is 62.6 Å². The predicted octanol–water partition coefficient (Wildman–Crippen LogP) is 5.64. The van der Waals surface area contributed by atoms with E-state index < -0.39 is 33.0 Å². The lowest BCUT2D eigenvalue weighted by Gasteiger charge is -2.27. The highest BCUT2D eigenvalue weighted by Gasteiger charge is 2.29. The van der Waals surface area contributed by atoms with Gasteiger partial charge in [-0.3, -0.25) is 4.68 Å². The number of nitrogens with two attached hydrogens (primary N) is 2. The molecule has 1 aliphatic rings. The molecule has 7 nitrogen and oxygen atoms in total. The van der Waals surface area contributed by atoms with Crippen molar-refractivity contribution in [1.29, 1.82) is 0 Å². The van der Waals surface area contributed by atoms with Crippen molar-refractivity contribution >= 4 is 26.6 Å². The second kappa shape index (κ2) is 10.3. The normalized spacial score (nSPS) is 18.2. The predicted molar refractivity (Wildman–Crippen MR) is 144 cm³/mol. The number of nitrogen functional groups attached to an aromatic ring is 1. The summed E-state index contributed by atoms with van der Waals surface area (Å²) in [4.78, 5) is 4.20. The summed E-state index contributed by atoms with van der Waals surface area (Å²) in [6.07, 6.45) is 5.24. The maximum Gasteiger partial charge on any atom is 0.182 e. The van der Waals surface area contributed by atoms with Crippen molar-refractivity contribution in [2.24, 2.45) is 5.73 Å². The topological polar surface area (TPSA) is 117 Å². The fourth-order valence-corrected chi connectivity index (χ4v) is 6.67. The molecule has 2 heterocycles. The van der Waals surface area contributed by atoms with Gasteiger partial charge in [-0.1, -0.05) is 0 Å². The average molecular weight is 558 g/mol. The minimum atomic E-state index is -4.05. The van der Waals surface area contributed by atoms with Crippen molar-refractivity contribution < 1.29 is 21.6 Å². The largest absolute Gasteiger partial charge is 0.383 e. The molecule has 4 aromatic rings. The summed E-state index contributed by atoms with van der Waals surface area (Å²) in [5, 5.41) is 5.10. The van der Waals surface area contributed by atoms with Gasteiger partial charge in [-0.2, -0.15) is 5.10 Å². The fourth-order valence-electron chi connectivity index (χ4n) is 5.32. The van der Waals surface area contributed by atoms with E-state index in [9.17, 15) is 12.8 Å². The summed E-state index contributed by atoms with van der Waals surface area (Å²) in [6, 6.07) is 6.03. The number of anilines is 1. The van der Waals surface area contributed by atoms with Crippen molar-refractivity contribution in [3.63, 3.8) is 0 Å². The van der Waals surface area contributed by atoms with E-state index in [1.165, 1.54) is 0 Å². The van der Waals surface area contributed by atoms with Crippen LogP contribution in [0.2, 0.25) is 0 Å². The van der Waals surface area contributed by atoms with Crippen LogP contribution in [0.25, 0.3) is 22.2 Å². The number of nitrogens with zero attached hydrogens (tertiary/aromatic N) is 3. The number of aromatic nitrogens is 3. The fraction of sp³-hybridized carbons (Fsp3) is 0.357. The third kappa shape index (κ3) is 5.12. The molecule has 0 amide bonds. The molecule has 2 aromatic carbocycles.